The number of benzene rings is 1. The van der Waals surface area contributed by atoms with Crippen LogP contribution in [0.2, 0.25) is 0 Å². The zero-order valence-corrected chi connectivity index (χ0v) is 14.7. The molecule has 1 heterocycles. The zero-order chi connectivity index (χ0) is 16.8. The number of hydrogen-bond donors (Lipinski definition) is 1. The molecule has 2 unspecified atom stereocenters. The van der Waals surface area contributed by atoms with Gasteiger partial charge >= 0.3 is 0 Å². The molecule has 0 fully saturated rings. The minimum atomic E-state index is -0.362. The van der Waals surface area contributed by atoms with Gasteiger partial charge in [-0.05, 0) is 37.0 Å². The van der Waals surface area contributed by atoms with Gasteiger partial charge in [0.2, 0.25) is 0 Å². The Labute approximate surface area is 140 Å². The number of ether oxygens (including phenoxy) is 1. The minimum Gasteiger partial charge on any atom is -0.478 e. The highest BCUT2D eigenvalue weighted by Crippen LogP contribution is 2.37. The normalized spacial score (nSPS) is 18.5. The van der Waals surface area contributed by atoms with E-state index in [1.165, 1.54) is 12.8 Å². The van der Waals surface area contributed by atoms with Gasteiger partial charge in [-0.25, -0.2) is 0 Å². The lowest BCUT2D eigenvalue weighted by Gasteiger charge is -2.34. The summed E-state index contributed by atoms with van der Waals surface area (Å²) in [4.78, 5) is 14.6. The van der Waals surface area contributed by atoms with Crippen LogP contribution in [-0.2, 0) is 4.79 Å². The molecule has 1 aromatic rings. The van der Waals surface area contributed by atoms with Gasteiger partial charge in [0, 0.05) is 12.6 Å². The molecule has 4 nitrogen and oxygen atoms in total. The Kier molecular flexibility index (Phi) is 6.46. The second-order valence-corrected chi connectivity index (χ2v) is 6.31. The van der Waals surface area contributed by atoms with Crippen LogP contribution in [0, 0.1) is 0 Å². The third kappa shape index (κ3) is 4.05. The molecule has 23 heavy (non-hydrogen) atoms. The maximum Gasteiger partial charge on any atom is 0.268 e. The standard InChI is InChI=1S/C19H30N2O2/c1-4-7-8-9-12-21-16-13-14(15(20)5-2)10-11-18(16)23-17(6-3)19(21)22/h10-11,13,15,17H,4-9,12,20H2,1-3H3. The van der Waals surface area contributed by atoms with Crippen molar-refractivity contribution in [3.8, 4) is 5.75 Å². The van der Waals surface area contributed by atoms with E-state index >= 15 is 0 Å². The highest BCUT2D eigenvalue weighted by atomic mass is 16.5. The molecule has 4 heteroatoms. The lowest BCUT2D eigenvalue weighted by Crippen LogP contribution is -2.46. The van der Waals surface area contributed by atoms with E-state index in [4.69, 9.17) is 10.5 Å². The molecule has 128 valence electrons. The quantitative estimate of drug-likeness (QED) is 0.732. The fraction of sp³-hybridized carbons (Fsp3) is 0.632. The molecule has 0 saturated carbocycles. The van der Waals surface area contributed by atoms with Gasteiger partial charge in [-0.15, -0.1) is 0 Å². The van der Waals surface area contributed by atoms with E-state index in [0.717, 1.165) is 42.8 Å². The first-order valence-corrected chi connectivity index (χ1v) is 8.99. The van der Waals surface area contributed by atoms with E-state index in [1.807, 2.05) is 30.0 Å². The Morgan fingerprint density at radius 2 is 2.00 bits per heavy atom. The smallest absolute Gasteiger partial charge is 0.268 e. The lowest BCUT2D eigenvalue weighted by atomic mass is 10.0. The fourth-order valence-corrected chi connectivity index (χ4v) is 2.99. The van der Waals surface area contributed by atoms with Gasteiger partial charge in [0.25, 0.3) is 5.91 Å². The Bertz CT molecular complexity index is 530. The van der Waals surface area contributed by atoms with E-state index in [0.29, 0.717) is 6.42 Å². The number of fused-ring (bicyclic) bond motifs is 1. The van der Waals surface area contributed by atoms with Crippen LogP contribution in [0.25, 0.3) is 0 Å². The van der Waals surface area contributed by atoms with Crippen molar-refractivity contribution in [1.82, 2.24) is 0 Å². The lowest BCUT2D eigenvalue weighted by molar-refractivity contribution is -0.126. The summed E-state index contributed by atoms with van der Waals surface area (Å²) in [6.45, 7) is 7.02. The van der Waals surface area contributed by atoms with Crippen molar-refractivity contribution in [1.29, 1.82) is 0 Å². The third-order valence-electron chi connectivity index (χ3n) is 4.56. The first kappa shape index (κ1) is 17.8. The van der Waals surface area contributed by atoms with Crippen molar-refractivity contribution in [2.24, 2.45) is 5.73 Å². The van der Waals surface area contributed by atoms with Crippen LogP contribution < -0.4 is 15.4 Å². The van der Waals surface area contributed by atoms with Crippen LogP contribution in [0.5, 0.6) is 5.75 Å². The molecular weight excluding hydrogens is 288 g/mol. The first-order valence-electron chi connectivity index (χ1n) is 8.99. The molecule has 2 atom stereocenters. The number of carbonyl (C=O) groups excluding carboxylic acids is 1. The highest BCUT2D eigenvalue weighted by molar-refractivity contribution is 6.00. The van der Waals surface area contributed by atoms with Crippen molar-refractivity contribution in [3.63, 3.8) is 0 Å². The van der Waals surface area contributed by atoms with Crippen LogP contribution in [-0.4, -0.2) is 18.6 Å². The van der Waals surface area contributed by atoms with Crippen molar-refractivity contribution in [2.75, 3.05) is 11.4 Å². The number of amides is 1. The van der Waals surface area contributed by atoms with Gasteiger partial charge in [0.1, 0.15) is 5.75 Å². The van der Waals surface area contributed by atoms with Crippen LogP contribution in [0.15, 0.2) is 18.2 Å². The molecule has 2 rings (SSSR count). The molecule has 1 amide bonds. The Morgan fingerprint density at radius 3 is 2.65 bits per heavy atom. The van der Waals surface area contributed by atoms with Gasteiger partial charge in [-0.3, -0.25) is 4.79 Å². The molecule has 1 aliphatic rings. The Balaban J connectivity index is 2.26. The molecule has 1 aromatic carbocycles. The number of unbranched alkanes of at least 4 members (excludes halogenated alkanes) is 3. The monoisotopic (exact) mass is 318 g/mol. The van der Waals surface area contributed by atoms with Gasteiger partial charge in [-0.1, -0.05) is 46.1 Å². The summed E-state index contributed by atoms with van der Waals surface area (Å²) in [6, 6.07) is 6.02. The molecule has 1 aliphatic heterocycles. The molecular formula is C19H30N2O2. The highest BCUT2D eigenvalue weighted by Gasteiger charge is 2.33. The number of carbonyl (C=O) groups is 1. The van der Waals surface area contributed by atoms with Crippen LogP contribution in [0.4, 0.5) is 5.69 Å². The van der Waals surface area contributed by atoms with Crippen LogP contribution in [0.3, 0.4) is 0 Å². The van der Waals surface area contributed by atoms with Gasteiger partial charge in [0.05, 0.1) is 5.69 Å². The number of nitrogens with two attached hydrogens (primary N) is 1. The first-order chi connectivity index (χ1) is 11.1. The van der Waals surface area contributed by atoms with Crippen LogP contribution in [0.1, 0.15) is 70.9 Å². The van der Waals surface area contributed by atoms with Crippen molar-refractivity contribution < 1.29 is 9.53 Å². The second kappa shape index (κ2) is 8.34. The van der Waals surface area contributed by atoms with Crippen LogP contribution >= 0.6 is 0 Å². The topological polar surface area (TPSA) is 55.6 Å². The fourth-order valence-electron chi connectivity index (χ4n) is 2.99. The summed E-state index contributed by atoms with van der Waals surface area (Å²) in [6.07, 6.45) is 5.80. The van der Waals surface area contributed by atoms with E-state index in [9.17, 15) is 4.79 Å². The Morgan fingerprint density at radius 1 is 1.22 bits per heavy atom. The summed E-state index contributed by atoms with van der Waals surface area (Å²) < 4.78 is 5.89. The number of hydrogen-bond acceptors (Lipinski definition) is 3. The SMILES string of the molecule is CCCCCCN1C(=O)C(CC)Oc2ccc(C(N)CC)cc21. The third-order valence-corrected chi connectivity index (χ3v) is 4.56. The van der Waals surface area contributed by atoms with Gasteiger partial charge < -0.3 is 15.4 Å². The minimum absolute atomic E-state index is 0.00115. The predicted octanol–water partition coefficient (Wildman–Crippen LogP) is 4.18. The van der Waals surface area contributed by atoms with Gasteiger partial charge in [-0.2, -0.15) is 0 Å². The number of rotatable bonds is 8. The molecule has 0 aromatic heterocycles. The van der Waals surface area contributed by atoms with Gasteiger partial charge in [0.15, 0.2) is 6.10 Å². The maximum atomic E-state index is 12.7. The van der Waals surface area contributed by atoms with Crippen molar-refractivity contribution in [2.45, 2.75) is 71.4 Å². The summed E-state index contributed by atoms with van der Waals surface area (Å²) in [5, 5.41) is 0. The molecule has 0 bridgehead atoms. The Hall–Kier alpha value is -1.55. The molecule has 2 N–H and O–H groups in total. The largest absolute Gasteiger partial charge is 0.478 e. The number of anilines is 1. The summed E-state index contributed by atoms with van der Waals surface area (Å²) in [5.41, 5.74) is 8.11. The predicted molar refractivity (Wildman–Crippen MR) is 94.9 cm³/mol. The summed E-state index contributed by atoms with van der Waals surface area (Å²) >= 11 is 0. The van der Waals surface area contributed by atoms with E-state index in [2.05, 4.69) is 13.8 Å². The van der Waals surface area contributed by atoms with E-state index in [-0.39, 0.29) is 18.1 Å². The van der Waals surface area contributed by atoms with Crippen molar-refractivity contribution in [3.05, 3.63) is 23.8 Å². The molecule has 0 saturated heterocycles. The van der Waals surface area contributed by atoms with E-state index < -0.39 is 0 Å². The zero-order valence-electron chi connectivity index (χ0n) is 14.7. The number of nitrogens with zero attached hydrogens (tertiary/aromatic N) is 1. The summed E-state index contributed by atoms with van der Waals surface area (Å²) in [5.74, 6) is 0.887. The van der Waals surface area contributed by atoms with Crippen molar-refractivity contribution >= 4 is 11.6 Å². The average molecular weight is 318 g/mol. The molecule has 0 spiro atoms. The molecule has 0 aliphatic carbocycles. The second-order valence-electron chi connectivity index (χ2n) is 6.31. The maximum absolute atomic E-state index is 12.7. The molecule has 0 radical (unpaired) electrons. The average Bonchev–Trinajstić information content (AvgIpc) is 2.58. The summed E-state index contributed by atoms with van der Waals surface area (Å²) in [7, 11) is 0. The van der Waals surface area contributed by atoms with E-state index in [1.54, 1.807) is 0 Å².